The van der Waals surface area contributed by atoms with Crippen molar-refractivity contribution < 1.29 is 38.9 Å². The molecule has 4 aliphatic rings. The molecule has 10 heteroatoms. The maximum absolute atomic E-state index is 14.4. The Morgan fingerprint density at radius 2 is 1.02 bits per heavy atom. The third-order valence-electron chi connectivity index (χ3n) is 16.3. The molecule has 2 heterocycles. The van der Waals surface area contributed by atoms with E-state index in [0.29, 0.717) is 49.9 Å². The van der Waals surface area contributed by atoms with Crippen molar-refractivity contribution in [3.8, 4) is 0 Å². The van der Waals surface area contributed by atoms with Gasteiger partial charge in [-0.15, -0.1) is 0 Å². The van der Waals surface area contributed by atoms with Gasteiger partial charge in [0.05, 0.1) is 11.1 Å². The third kappa shape index (κ3) is 7.73. The van der Waals surface area contributed by atoms with Crippen LogP contribution in [0.25, 0.3) is 0 Å². The Morgan fingerprint density at radius 1 is 0.655 bits per heavy atom. The fourth-order valence-electron chi connectivity index (χ4n) is 13.1. The first-order chi connectivity index (χ1) is 27.6. The average Bonchev–Trinajstić information content (AvgIpc) is 3.92. The van der Waals surface area contributed by atoms with E-state index < -0.39 is 57.8 Å². The lowest BCUT2D eigenvalue weighted by molar-refractivity contribution is -0.343. The molecule has 2 aromatic rings. The lowest BCUT2D eigenvalue weighted by atomic mass is 9.46. The number of aliphatic carboxylic acids is 2. The predicted molar refractivity (Wildman–Crippen MR) is 218 cm³/mol. The lowest BCUT2D eigenvalue weighted by Gasteiger charge is -2.69. The first kappa shape index (κ1) is 43.8. The first-order valence-electron chi connectivity index (χ1n) is 22.1. The molecule has 2 saturated carbocycles. The van der Waals surface area contributed by atoms with Crippen LogP contribution in [0.2, 0.25) is 0 Å². The van der Waals surface area contributed by atoms with Crippen LogP contribution in [0.5, 0.6) is 0 Å². The van der Waals surface area contributed by atoms with E-state index in [0.717, 1.165) is 51.4 Å². The van der Waals surface area contributed by atoms with Crippen LogP contribution in [0.15, 0.2) is 60.7 Å². The van der Waals surface area contributed by atoms with E-state index in [1.54, 1.807) is 24.3 Å². The van der Waals surface area contributed by atoms with Gasteiger partial charge in [-0.2, -0.15) is 0 Å². The molecule has 318 valence electrons. The summed E-state index contributed by atoms with van der Waals surface area (Å²) in [6, 6.07) is 17.9. The maximum atomic E-state index is 14.4. The van der Waals surface area contributed by atoms with Crippen molar-refractivity contribution in [3.63, 3.8) is 0 Å². The van der Waals surface area contributed by atoms with Crippen molar-refractivity contribution in [1.29, 1.82) is 0 Å². The van der Waals surface area contributed by atoms with Crippen molar-refractivity contribution in [2.45, 2.75) is 147 Å². The van der Waals surface area contributed by atoms with Gasteiger partial charge in [0, 0.05) is 52.6 Å². The van der Waals surface area contributed by atoms with Crippen LogP contribution >= 0.6 is 0 Å². The van der Waals surface area contributed by atoms with Gasteiger partial charge in [-0.05, 0) is 120 Å². The van der Waals surface area contributed by atoms with Crippen LogP contribution in [0.3, 0.4) is 0 Å². The number of nitrogens with zero attached hydrogens (tertiary/aromatic N) is 2. The van der Waals surface area contributed by atoms with E-state index >= 15 is 0 Å². The standard InChI is InChI=1S/C48H68N2O8/c1-7-44(5)31-38(34(3)46(23-15-16-24-46)49(44)27-29-57-41(53)36-19-11-9-12-20-36)48(43(55)56,33-40(51)52)39-32-45(6,8-2)50(47(35(39)4)25-17-18-26-47)28-30-58-42(54)37-21-13-10-14-22-37/h9-14,19-22,34-35,38-39H,7-8,15-18,23-33H2,1-6H3,(H,51,52)(H,55,56)/p-2. The molecular weight excluding hydrogens is 733 g/mol. The van der Waals surface area contributed by atoms with Gasteiger partial charge in [0.1, 0.15) is 13.2 Å². The van der Waals surface area contributed by atoms with E-state index in [9.17, 15) is 29.4 Å². The molecule has 2 aliphatic heterocycles. The minimum Gasteiger partial charge on any atom is -0.550 e. The van der Waals surface area contributed by atoms with E-state index in [-0.39, 0.29) is 37.0 Å². The molecule has 6 rings (SSSR count). The van der Waals surface area contributed by atoms with Crippen LogP contribution in [0.4, 0.5) is 0 Å². The van der Waals surface area contributed by atoms with Crippen LogP contribution in [0.1, 0.15) is 146 Å². The highest BCUT2D eigenvalue weighted by Gasteiger charge is 2.66. The van der Waals surface area contributed by atoms with Crippen molar-refractivity contribution in [1.82, 2.24) is 9.80 Å². The quantitative estimate of drug-likeness (QED) is 0.185. The summed E-state index contributed by atoms with van der Waals surface area (Å²) >= 11 is 0. The minimum atomic E-state index is -1.70. The average molecular weight is 799 g/mol. The van der Waals surface area contributed by atoms with E-state index in [4.69, 9.17) is 9.47 Å². The van der Waals surface area contributed by atoms with Gasteiger partial charge in [0.25, 0.3) is 0 Å². The first-order valence-corrected chi connectivity index (χ1v) is 22.1. The van der Waals surface area contributed by atoms with Crippen molar-refractivity contribution in [3.05, 3.63) is 71.8 Å². The second-order valence-corrected chi connectivity index (χ2v) is 18.7. The Labute approximate surface area is 346 Å². The number of carboxylic acids is 2. The van der Waals surface area contributed by atoms with E-state index in [2.05, 4.69) is 51.3 Å². The zero-order valence-corrected chi connectivity index (χ0v) is 35.8. The van der Waals surface area contributed by atoms with Crippen molar-refractivity contribution >= 4 is 23.9 Å². The van der Waals surface area contributed by atoms with Crippen LogP contribution in [-0.2, 0) is 19.1 Å². The van der Waals surface area contributed by atoms with Gasteiger partial charge in [-0.25, -0.2) is 9.59 Å². The predicted octanol–water partition coefficient (Wildman–Crippen LogP) is 6.46. The molecule has 0 N–H and O–H groups in total. The second-order valence-electron chi connectivity index (χ2n) is 18.7. The number of rotatable bonds is 15. The highest BCUT2D eigenvalue weighted by Crippen LogP contribution is 2.65. The molecule has 2 aliphatic carbocycles. The lowest BCUT2D eigenvalue weighted by Crippen LogP contribution is -2.74. The molecule has 6 unspecified atom stereocenters. The zero-order valence-electron chi connectivity index (χ0n) is 35.8. The number of esters is 2. The summed E-state index contributed by atoms with van der Waals surface area (Å²) < 4.78 is 11.7. The Hall–Kier alpha value is -3.76. The summed E-state index contributed by atoms with van der Waals surface area (Å²) in [4.78, 5) is 58.7. The molecule has 58 heavy (non-hydrogen) atoms. The molecule has 4 fully saturated rings. The molecule has 0 bridgehead atoms. The van der Waals surface area contributed by atoms with Gasteiger partial charge in [0.2, 0.25) is 0 Å². The molecule has 10 nitrogen and oxygen atoms in total. The Kier molecular flexibility index (Phi) is 13.2. The monoisotopic (exact) mass is 798 g/mol. The van der Waals surface area contributed by atoms with Crippen LogP contribution in [-0.4, -0.2) is 82.1 Å². The highest BCUT2D eigenvalue weighted by atomic mass is 16.5. The number of hydrogen-bond donors (Lipinski definition) is 0. The van der Waals surface area contributed by atoms with Crippen molar-refractivity contribution in [2.24, 2.45) is 29.1 Å². The second kappa shape index (κ2) is 17.5. The largest absolute Gasteiger partial charge is 0.550 e. The van der Waals surface area contributed by atoms with Gasteiger partial charge in [-0.1, -0.05) is 89.8 Å². The Balaban J connectivity index is 1.37. The third-order valence-corrected chi connectivity index (χ3v) is 16.3. The Morgan fingerprint density at radius 3 is 1.33 bits per heavy atom. The summed E-state index contributed by atoms with van der Waals surface area (Å²) in [6.45, 7) is 14.4. The van der Waals surface area contributed by atoms with Gasteiger partial charge in [0.15, 0.2) is 0 Å². The number of piperidine rings is 2. The number of benzene rings is 2. The molecule has 2 saturated heterocycles. The molecule has 6 atom stereocenters. The van der Waals surface area contributed by atoms with E-state index in [1.165, 1.54) is 0 Å². The van der Waals surface area contributed by atoms with Gasteiger partial charge < -0.3 is 29.3 Å². The number of ether oxygens (including phenoxy) is 2. The number of carboxylic acid groups (broad SMARTS) is 2. The van der Waals surface area contributed by atoms with Crippen molar-refractivity contribution in [2.75, 3.05) is 26.3 Å². The molecule has 2 aromatic carbocycles. The molecule has 0 aromatic heterocycles. The summed E-state index contributed by atoms with van der Waals surface area (Å²) in [6.07, 6.45) is 9.12. The summed E-state index contributed by atoms with van der Waals surface area (Å²) in [5.74, 6) is -4.77. The summed E-state index contributed by atoms with van der Waals surface area (Å²) in [5.41, 5.74) is -2.53. The summed E-state index contributed by atoms with van der Waals surface area (Å²) in [7, 11) is 0. The van der Waals surface area contributed by atoms with Crippen LogP contribution in [0, 0.1) is 29.1 Å². The zero-order chi connectivity index (χ0) is 41.9. The fraction of sp³-hybridized carbons (Fsp3) is 0.667. The van der Waals surface area contributed by atoms with Gasteiger partial charge in [-0.3, -0.25) is 9.80 Å². The molecular formula is C48H66N2O8-2. The van der Waals surface area contributed by atoms with E-state index in [1.807, 2.05) is 36.4 Å². The maximum Gasteiger partial charge on any atom is 0.338 e. The molecule has 2 spiro atoms. The van der Waals surface area contributed by atoms with Gasteiger partial charge >= 0.3 is 11.9 Å². The topological polar surface area (TPSA) is 139 Å². The minimum absolute atomic E-state index is 0.188. The molecule has 0 radical (unpaired) electrons. The number of hydrogen-bond acceptors (Lipinski definition) is 10. The Bertz CT molecular complexity index is 1640. The summed E-state index contributed by atoms with van der Waals surface area (Å²) in [5, 5.41) is 27.6. The normalized spacial score (nSPS) is 30.5. The smallest absolute Gasteiger partial charge is 0.338 e. The number of carbonyl (C=O) groups is 4. The fourth-order valence-corrected chi connectivity index (χ4v) is 13.1. The number of carbonyl (C=O) groups excluding carboxylic acids is 4. The highest BCUT2D eigenvalue weighted by molar-refractivity contribution is 5.89. The number of likely N-dealkylation sites (tertiary alicyclic amines) is 2. The molecule has 0 amide bonds. The van der Waals surface area contributed by atoms with Crippen LogP contribution < -0.4 is 10.2 Å². The SMILES string of the molecule is CCC1(C)CC(C(CC(=O)[O-])(C(=O)[O-])C2CC(C)(CC)N(CCOC(=O)c3ccccc3)C3(CCCC3)C2C)C(C)C2(CCCC2)N1CCOC(=O)c1ccccc1.